The summed E-state index contributed by atoms with van der Waals surface area (Å²) in [6.45, 7) is 4.53. The molecule has 112 valence electrons. The van der Waals surface area contributed by atoms with Crippen molar-refractivity contribution < 1.29 is 9.32 Å². The Hall–Kier alpha value is -1.36. The van der Waals surface area contributed by atoms with Gasteiger partial charge in [-0.3, -0.25) is 4.79 Å². The van der Waals surface area contributed by atoms with Gasteiger partial charge in [-0.1, -0.05) is 38.3 Å². The minimum Gasteiger partial charge on any atom is -0.361 e. The molecule has 0 radical (unpaired) electrons. The minimum atomic E-state index is -0.686. The first-order valence-electron chi connectivity index (χ1n) is 7.64. The first kappa shape index (κ1) is 15.0. The van der Waals surface area contributed by atoms with E-state index in [-0.39, 0.29) is 5.91 Å². The monoisotopic (exact) mass is 279 g/mol. The van der Waals surface area contributed by atoms with Crippen LogP contribution >= 0.6 is 0 Å². The van der Waals surface area contributed by atoms with Crippen molar-refractivity contribution in [2.45, 2.75) is 70.9 Å². The molecule has 20 heavy (non-hydrogen) atoms. The van der Waals surface area contributed by atoms with E-state index in [1.165, 1.54) is 6.42 Å². The molecule has 1 aromatic heterocycles. The summed E-state index contributed by atoms with van der Waals surface area (Å²) in [5, 5.41) is 7.04. The lowest BCUT2D eigenvalue weighted by atomic mass is 9.82. The summed E-state index contributed by atoms with van der Waals surface area (Å²) in [7, 11) is 0. The molecule has 1 aliphatic rings. The molecule has 0 unspecified atom stereocenters. The second kappa shape index (κ2) is 6.39. The van der Waals surface area contributed by atoms with Crippen LogP contribution in [0.5, 0.6) is 0 Å². The van der Waals surface area contributed by atoms with Gasteiger partial charge in [-0.15, -0.1) is 0 Å². The van der Waals surface area contributed by atoms with Gasteiger partial charge in [0.25, 0.3) is 0 Å². The fraction of sp³-hybridized carbons (Fsp3) is 0.733. The third-order valence-corrected chi connectivity index (χ3v) is 4.23. The van der Waals surface area contributed by atoms with Gasteiger partial charge in [0, 0.05) is 18.5 Å². The van der Waals surface area contributed by atoms with E-state index in [1.54, 1.807) is 0 Å². The number of amides is 1. The van der Waals surface area contributed by atoms with Gasteiger partial charge in [-0.25, -0.2) is 0 Å². The summed E-state index contributed by atoms with van der Waals surface area (Å²) in [5.41, 5.74) is 7.49. The second-order valence-corrected chi connectivity index (χ2v) is 5.64. The zero-order valence-corrected chi connectivity index (χ0v) is 12.5. The number of hydrogen-bond donors (Lipinski definition) is 2. The van der Waals surface area contributed by atoms with Crippen molar-refractivity contribution in [1.29, 1.82) is 0 Å². The van der Waals surface area contributed by atoms with Crippen LogP contribution in [0.1, 0.15) is 63.0 Å². The van der Waals surface area contributed by atoms with Crippen molar-refractivity contribution in [2.24, 2.45) is 5.73 Å². The maximum atomic E-state index is 12.3. The van der Waals surface area contributed by atoms with E-state index in [0.29, 0.717) is 6.54 Å². The second-order valence-electron chi connectivity index (χ2n) is 5.64. The molecule has 5 nitrogen and oxygen atoms in total. The van der Waals surface area contributed by atoms with Crippen molar-refractivity contribution in [2.75, 3.05) is 0 Å². The number of aromatic nitrogens is 1. The molecule has 0 bridgehead atoms. The van der Waals surface area contributed by atoms with E-state index in [1.807, 2.05) is 13.8 Å². The van der Waals surface area contributed by atoms with Crippen LogP contribution in [0, 0.1) is 0 Å². The molecule has 1 fully saturated rings. The smallest absolute Gasteiger partial charge is 0.240 e. The van der Waals surface area contributed by atoms with E-state index < -0.39 is 5.54 Å². The summed E-state index contributed by atoms with van der Waals surface area (Å²) in [6.07, 6.45) is 6.41. The van der Waals surface area contributed by atoms with Gasteiger partial charge < -0.3 is 15.6 Å². The van der Waals surface area contributed by atoms with Gasteiger partial charge >= 0.3 is 0 Å². The molecule has 1 amide bonds. The van der Waals surface area contributed by atoms with Crippen LogP contribution in [0.25, 0.3) is 0 Å². The predicted octanol–water partition coefficient (Wildman–Crippen LogP) is 2.08. The van der Waals surface area contributed by atoms with Crippen LogP contribution in [0.3, 0.4) is 0 Å². The molecule has 2 rings (SSSR count). The molecule has 1 heterocycles. The van der Waals surface area contributed by atoms with Gasteiger partial charge in [0.05, 0.1) is 11.2 Å². The Bertz CT molecular complexity index is 440. The van der Waals surface area contributed by atoms with E-state index in [0.717, 1.165) is 55.5 Å². The Morgan fingerprint density at radius 3 is 2.60 bits per heavy atom. The van der Waals surface area contributed by atoms with Crippen molar-refractivity contribution in [1.82, 2.24) is 10.5 Å². The molecule has 0 atom stereocenters. The quantitative estimate of drug-likeness (QED) is 0.864. The Morgan fingerprint density at radius 1 is 1.30 bits per heavy atom. The van der Waals surface area contributed by atoms with Crippen molar-refractivity contribution in [3.05, 3.63) is 17.0 Å². The molecule has 0 saturated heterocycles. The highest BCUT2D eigenvalue weighted by atomic mass is 16.5. The first-order valence-corrected chi connectivity index (χ1v) is 7.64. The Labute approximate surface area is 120 Å². The molecule has 1 aliphatic carbocycles. The Balaban J connectivity index is 2.01. The number of nitrogens with one attached hydrogen (secondary N) is 1. The highest BCUT2D eigenvalue weighted by Gasteiger charge is 2.35. The Kier molecular flexibility index (Phi) is 4.81. The average Bonchev–Trinajstić information content (AvgIpc) is 2.87. The van der Waals surface area contributed by atoms with E-state index in [9.17, 15) is 4.79 Å². The zero-order chi connectivity index (χ0) is 14.6. The maximum Gasteiger partial charge on any atom is 0.240 e. The van der Waals surface area contributed by atoms with Gasteiger partial charge in [0.2, 0.25) is 5.91 Å². The minimum absolute atomic E-state index is 0.0393. The van der Waals surface area contributed by atoms with Crippen LogP contribution in [0.4, 0.5) is 0 Å². The maximum absolute atomic E-state index is 12.3. The number of carbonyl (C=O) groups excluding carboxylic acids is 1. The number of carbonyl (C=O) groups is 1. The van der Waals surface area contributed by atoms with Crippen LogP contribution in [-0.2, 0) is 24.2 Å². The van der Waals surface area contributed by atoms with Crippen molar-refractivity contribution >= 4 is 5.91 Å². The van der Waals surface area contributed by atoms with Gasteiger partial charge in [0.1, 0.15) is 5.76 Å². The van der Waals surface area contributed by atoms with Crippen LogP contribution < -0.4 is 11.1 Å². The van der Waals surface area contributed by atoms with Crippen LogP contribution in [0.2, 0.25) is 0 Å². The number of hydrogen-bond acceptors (Lipinski definition) is 4. The molecule has 0 spiro atoms. The van der Waals surface area contributed by atoms with Crippen LogP contribution in [0.15, 0.2) is 4.52 Å². The van der Waals surface area contributed by atoms with Gasteiger partial charge in [-0.05, 0) is 19.3 Å². The average molecular weight is 279 g/mol. The van der Waals surface area contributed by atoms with E-state index in [4.69, 9.17) is 10.3 Å². The molecular weight excluding hydrogens is 254 g/mol. The zero-order valence-electron chi connectivity index (χ0n) is 12.5. The molecule has 3 N–H and O–H groups in total. The van der Waals surface area contributed by atoms with Crippen LogP contribution in [-0.4, -0.2) is 16.6 Å². The number of nitrogens with two attached hydrogens (primary N) is 1. The lowest BCUT2D eigenvalue weighted by molar-refractivity contribution is -0.127. The fourth-order valence-corrected chi connectivity index (χ4v) is 2.89. The van der Waals surface area contributed by atoms with Crippen molar-refractivity contribution in [3.8, 4) is 0 Å². The van der Waals surface area contributed by atoms with Gasteiger partial charge in [0.15, 0.2) is 0 Å². The lowest BCUT2D eigenvalue weighted by Gasteiger charge is -2.31. The lowest BCUT2D eigenvalue weighted by Crippen LogP contribution is -2.54. The first-order chi connectivity index (χ1) is 9.60. The normalized spacial score (nSPS) is 17.9. The largest absolute Gasteiger partial charge is 0.361 e. The Morgan fingerprint density at radius 2 is 2.00 bits per heavy atom. The highest BCUT2D eigenvalue weighted by Crippen LogP contribution is 2.26. The molecule has 0 aliphatic heterocycles. The van der Waals surface area contributed by atoms with E-state index >= 15 is 0 Å². The molecular formula is C15H25N3O2. The number of nitrogens with zero attached hydrogens (tertiary/aromatic N) is 1. The van der Waals surface area contributed by atoms with Crippen molar-refractivity contribution in [3.63, 3.8) is 0 Å². The van der Waals surface area contributed by atoms with E-state index in [2.05, 4.69) is 10.5 Å². The summed E-state index contributed by atoms with van der Waals surface area (Å²) in [5.74, 6) is 0.819. The highest BCUT2D eigenvalue weighted by molar-refractivity contribution is 5.86. The third kappa shape index (κ3) is 3.03. The topological polar surface area (TPSA) is 81.2 Å². The molecule has 1 aromatic rings. The standard InChI is InChI=1S/C15H25N3O2/c1-3-12-11(13(4-2)20-18-12)10-17-14(19)15(16)8-6-5-7-9-15/h3-10,16H2,1-2H3,(H,17,19). The number of aryl methyl sites for hydroxylation is 2. The predicted molar refractivity (Wildman–Crippen MR) is 77.1 cm³/mol. The SMILES string of the molecule is CCc1noc(CC)c1CNC(=O)C1(N)CCCCC1. The fourth-order valence-electron chi connectivity index (χ4n) is 2.89. The summed E-state index contributed by atoms with van der Waals surface area (Å²) in [6, 6.07) is 0. The summed E-state index contributed by atoms with van der Waals surface area (Å²) >= 11 is 0. The molecule has 5 heteroatoms. The van der Waals surface area contributed by atoms with Gasteiger partial charge in [-0.2, -0.15) is 0 Å². The molecule has 1 saturated carbocycles. The third-order valence-electron chi connectivity index (χ3n) is 4.23. The summed E-state index contributed by atoms with van der Waals surface area (Å²) < 4.78 is 5.31. The number of rotatable bonds is 5. The molecule has 0 aromatic carbocycles. The summed E-state index contributed by atoms with van der Waals surface area (Å²) in [4.78, 5) is 12.3.